The number of nitrogens with one attached hydrogen (secondary N) is 1. The van der Waals surface area contributed by atoms with Crippen LogP contribution in [0.5, 0.6) is 0 Å². The minimum atomic E-state index is -3.52. The zero-order chi connectivity index (χ0) is 17.2. The van der Waals surface area contributed by atoms with Gasteiger partial charge in [-0.1, -0.05) is 0 Å². The van der Waals surface area contributed by atoms with Gasteiger partial charge in [0.05, 0.1) is 0 Å². The standard InChI is InChI=1S/C16H24N4O3S.2ClH/c17-15(12-3-4-12)11-19-16(21)13-5-8-20(9-6-13)24(22,23)14-2-1-7-18-10-14;;/h1-2,7,10,12-13,15H,3-6,8-9,11,17H2,(H,19,21);2*1H. The molecule has 7 nitrogen and oxygen atoms in total. The van der Waals surface area contributed by atoms with Crippen LogP contribution in [0.4, 0.5) is 0 Å². The van der Waals surface area contributed by atoms with E-state index in [1.54, 1.807) is 18.3 Å². The molecule has 2 heterocycles. The second-order valence-corrected chi connectivity index (χ2v) is 8.55. The zero-order valence-corrected chi connectivity index (χ0v) is 16.9. The van der Waals surface area contributed by atoms with Crippen LogP contribution in [-0.4, -0.2) is 49.3 Å². The van der Waals surface area contributed by atoms with Crippen LogP contribution < -0.4 is 11.1 Å². The minimum Gasteiger partial charge on any atom is -0.354 e. The zero-order valence-electron chi connectivity index (χ0n) is 14.4. The molecule has 10 heteroatoms. The minimum absolute atomic E-state index is 0. The van der Waals surface area contributed by atoms with Gasteiger partial charge in [0.1, 0.15) is 4.90 Å². The van der Waals surface area contributed by atoms with Gasteiger partial charge >= 0.3 is 0 Å². The molecule has 1 amide bonds. The molecule has 1 saturated carbocycles. The molecule has 1 saturated heterocycles. The van der Waals surface area contributed by atoms with Crippen LogP contribution in [0.1, 0.15) is 25.7 Å². The van der Waals surface area contributed by atoms with Crippen molar-refractivity contribution in [1.82, 2.24) is 14.6 Å². The van der Waals surface area contributed by atoms with Crippen LogP contribution in [0.3, 0.4) is 0 Å². The molecule has 0 bridgehead atoms. The lowest BCUT2D eigenvalue weighted by atomic mass is 9.97. The first-order valence-electron chi connectivity index (χ1n) is 8.42. The van der Waals surface area contributed by atoms with Crippen molar-refractivity contribution in [3.8, 4) is 0 Å². The number of nitrogens with zero attached hydrogens (tertiary/aromatic N) is 2. The number of halogens is 2. The predicted molar refractivity (Wildman–Crippen MR) is 104 cm³/mol. The van der Waals surface area contributed by atoms with Crippen LogP contribution >= 0.6 is 24.8 Å². The largest absolute Gasteiger partial charge is 0.354 e. The summed E-state index contributed by atoms with van der Waals surface area (Å²) in [6, 6.07) is 3.19. The first kappa shape index (κ1) is 23.1. The molecule has 26 heavy (non-hydrogen) atoms. The normalized spacial score (nSPS) is 19.7. The second kappa shape index (κ2) is 9.85. The lowest BCUT2D eigenvalue weighted by Crippen LogP contribution is -2.45. The number of carbonyl (C=O) groups is 1. The summed E-state index contributed by atoms with van der Waals surface area (Å²) in [6.45, 7) is 1.21. The van der Waals surface area contributed by atoms with E-state index in [2.05, 4.69) is 10.3 Å². The molecular weight excluding hydrogens is 399 g/mol. The lowest BCUT2D eigenvalue weighted by Gasteiger charge is -2.30. The topological polar surface area (TPSA) is 105 Å². The molecule has 1 aromatic rings. The lowest BCUT2D eigenvalue weighted by molar-refractivity contribution is -0.126. The van der Waals surface area contributed by atoms with Crippen molar-refractivity contribution in [2.75, 3.05) is 19.6 Å². The van der Waals surface area contributed by atoms with Crippen molar-refractivity contribution in [1.29, 1.82) is 0 Å². The molecule has 3 N–H and O–H groups in total. The molecule has 0 spiro atoms. The third-order valence-electron chi connectivity index (χ3n) is 4.84. The summed E-state index contributed by atoms with van der Waals surface area (Å²) in [5, 5.41) is 2.92. The first-order valence-corrected chi connectivity index (χ1v) is 9.86. The Morgan fingerprint density at radius 1 is 1.27 bits per heavy atom. The van der Waals surface area contributed by atoms with Gasteiger partial charge in [-0.25, -0.2) is 8.42 Å². The van der Waals surface area contributed by atoms with Crippen molar-refractivity contribution < 1.29 is 13.2 Å². The molecule has 3 rings (SSSR count). The number of carbonyl (C=O) groups excluding carboxylic acids is 1. The van der Waals surface area contributed by atoms with Crippen LogP contribution in [0.15, 0.2) is 29.4 Å². The first-order chi connectivity index (χ1) is 11.5. The van der Waals surface area contributed by atoms with Crippen molar-refractivity contribution in [2.24, 2.45) is 17.6 Å². The van der Waals surface area contributed by atoms with Crippen molar-refractivity contribution >= 4 is 40.7 Å². The Hall–Kier alpha value is -0.930. The van der Waals surface area contributed by atoms with E-state index >= 15 is 0 Å². The highest BCUT2D eigenvalue weighted by Gasteiger charge is 2.33. The number of hydrogen-bond donors (Lipinski definition) is 2. The molecule has 0 aromatic carbocycles. The molecule has 1 aromatic heterocycles. The van der Waals surface area contributed by atoms with Crippen LogP contribution in [0.25, 0.3) is 0 Å². The molecule has 0 radical (unpaired) electrons. The van der Waals surface area contributed by atoms with E-state index in [9.17, 15) is 13.2 Å². The van der Waals surface area contributed by atoms with Gasteiger partial charge in [-0.3, -0.25) is 9.78 Å². The number of amides is 1. The van der Waals surface area contributed by atoms with E-state index in [1.165, 1.54) is 10.5 Å². The van der Waals surface area contributed by atoms with Gasteiger partial charge in [0.2, 0.25) is 15.9 Å². The average molecular weight is 425 g/mol. The summed E-state index contributed by atoms with van der Waals surface area (Å²) in [4.78, 5) is 16.3. The van der Waals surface area contributed by atoms with E-state index < -0.39 is 10.0 Å². The van der Waals surface area contributed by atoms with E-state index in [4.69, 9.17) is 5.73 Å². The predicted octanol–water partition coefficient (Wildman–Crippen LogP) is 1.18. The molecule has 2 aliphatic rings. The molecule has 2 fully saturated rings. The number of pyridine rings is 1. The van der Waals surface area contributed by atoms with Gasteiger partial charge in [-0.2, -0.15) is 4.31 Å². The maximum absolute atomic E-state index is 12.5. The summed E-state index contributed by atoms with van der Waals surface area (Å²) in [6.07, 6.45) is 6.27. The van der Waals surface area contributed by atoms with Crippen LogP contribution in [0, 0.1) is 11.8 Å². The van der Waals surface area contributed by atoms with E-state index in [-0.39, 0.29) is 47.6 Å². The molecule has 1 unspecified atom stereocenters. The number of aromatic nitrogens is 1. The van der Waals surface area contributed by atoms with Crippen molar-refractivity contribution in [3.05, 3.63) is 24.5 Å². The highest BCUT2D eigenvalue weighted by Crippen LogP contribution is 2.31. The number of nitrogens with two attached hydrogens (primary N) is 1. The third-order valence-corrected chi connectivity index (χ3v) is 6.72. The Bertz CT molecular complexity index is 678. The van der Waals surface area contributed by atoms with Gasteiger partial charge in [0.25, 0.3) is 0 Å². The summed E-state index contributed by atoms with van der Waals surface area (Å²) in [7, 11) is -3.52. The number of hydrogen-bond acceptors (Lipinski definition) is 5. The highest BCUT2D eigenvalue weighted by molar-refractivity contribution is 7.89. The molecule has 1 atom stereocenters. The maximum atomic E-state index is 12.5. The number of sulfonamides is 1. The summed E-state index contributed by atoms with van der Waals surface area (Å²) in [5.41, 5.74) is 5.99. The van der Waals surface area contributed by atoms with Gasteiger partial charge in [0, 0.05) is 44.0 Å². The van der Waals surface area contributed by atoms with Crippen molar-refractivity contribution in [2.45, 2.75) is 36.6 Å². The quantitative estimate of drug-likeness (QED) is 0.712. The fraction of sp³-hybridized carbons (Fsp3) is 0.625. The Morgan fingerprint density at radius 3 is 2.46 bits per heavy atom. The summed E-state index contributed by atoms with van der Waals surface area (Å²) < 4.78 is 26.5. The van der Waals surface area contributed by atoms with Crippen LogP contribution in [-0.2, 0) is 14.8 Å². The SMILES string of the molecule is Cl.Cl.NC(CNC(=O)C1CCN(S(=O)(=O)c2cccnc2)CC1)C1CC1. The maximum Gasteiger partial charge on any atom is 0.244 e. The van der Waals surface area contributed by atoms with Gasteiger partial charge in [-0.15, -0.1) is 24.8 Å². The Kier molecular flexibility index (Phi) is 8.75. The fourth-order valence-electron chi connectivity index (χ4n) is 3.06. The van der Waals surface area contributed by atoms with Crippen LogP contribution in [0.2, 0.25) is 0 Å². The van der Waals surface area contributed by atoms with E-state index in [0.29, 0.717) is 38.4 Å². The third kappa shape index (κ3) is 5.53. The molecule has 1 aliphatic heterocycles. The summed E-state index contributed by atoms with van der Waals surface area (Å²) in [5.74, 6) is 0.401. The van der Waals surface area contributed by atoms with Gasteiger partial charge in [0.15, 0.2) is 0 Å². The number of piperidine rings is 1. The second-order valence-electron chi connectivity index (χ2n) is 6.61. The van der Waals surface area contributed by atoms with E-state index in [1.807, 2.05) is 0 Å². The summed E-state index contributed by atoms with van der Waals surface area (Å²) >= 11 is 0. The van der Waals surface area contributed by atoms with E-state index in [0.717, 1.165) is 12.8 Å². The Labute approximate surface area is 167 Å². The number of rotatable bonds is 6. The van der Waals surface area contributed by atoms with Crippen molar-refractivity contribution in [3.63, 3.8) is 0 Å². The average Bonchev–Trinajstić information content (AvgIpc) is 3.45. The molecular formula is C16H26Cl2N4O3S. The molecule has 148 valence electrons. The monoisotopic (exact) mass is 424 g/mol. The van der Waals surface area contributed by atoms with Gasteiger partial charge < -0.3 is 11.1 Å². The fourth-order valence-corrected chi connectivity index (χ4v) is 4.50. The Morgan fingerprint density at radius 2 is 1.92 bits per heavy atom. The van der Waals surface area contributed by atoms with Gasteiger partial charge in [-0.05, 0) is 43.7 Å². The Balaban J connectivity index is 0.00000169. The smallest absolute Gasteiger partial charge is 0.244 e. The highest BCUT2D eigenvalue weighted by atomic mass is 35.5. The molecule has 1 aliphatic carbocycles.